The molecule has 0 fully saturated rings. The lowest BCUT2D eigenvalue weighted by molar-refractivity contribution is 0.163. The molecule has 0 bridgehead atoms. The number of urea groups is 1. The first-order valence-electron chi connectivity index (χ1n) is 6.55. The standard InChI is InChI=1S/C14H23N3O2/c1-9-5-11(3)16-13(7-9)17-14(19)15-8-10(2)6-12(4)18/h5,7,10,12,18H,6,8H2,1-4H3,(H2,15,16,17,19)/t10-,12-/m1/s1. The molecular weight excluding hydrogens is 242 g/mol. The van der Waals surface area contributed by atoms with Gasteiger partial charge in [0.1, 0.15) is 5.82 Å². The second-order valence-electron chi connectivity index (χ2n) is 5.20. The third kappa shape index (κ3) is 6.20. The van der Waals surface area contributed by atoms with Crippen molar-refractivity contribution >= 4 is 11.8 Å². The number of aliphatic hydroxyl groups excluding tert-OH is 1. The second-order valence-corrected chi connectivity index (χ2v) is 5.20. The SMILES string of the molecule is Cc1cc(C)nc(NC(=O)NC[C@H](C)C[C@@H](C)O)c1. The van der Waals surface area contributed by atoms with Crippen molar-refractivity contribution in [3.63, 3.8) is 0 Å². The minimum Gasteiger partial charge on any atom is -0.393 e. The molecule has 3 N–H and O–H groups in total. The number of nitrogens with one attached hydrogen (secondary N) is 2. The molecule has 2 amide bonds. The van der Waals surface area contributed by atoms with E-state index in [1.807, 2.05) is 32.9 Å². The molecule has 0 aliphatic carbocycles. The number of pyridine rings is 1. The lowest BCUT2D eigenvalue weighted by atomic mass is 10.1. The summed E-state index contributed by atoms with van der Waals surface area (Å²) in [7, 11) is 0. The summed E-state index contributed by atoms with van der Waals surface area (Å²) in [6.45, 7) is 8.11. The normalized spacial score (nSPS) is 13.7. The number of carbonyl (C=O) groups excluding carboxylic acids is 1. The summed E-state index contributed by atoms with van der Waals surface area (Å²) in [4.78, 5) is 15.9. The van der Waals surface area contributed by atoms with Gasteiger partial charge in [-0.2, -0.15) is 0 Å². The average molecular weight is 265 g/mol. The molecule has 0 aliphatic heterocycles. The highest BCUT2D eigenvalue weighted by Crippen LogP contribution is 2.09. The van der Waals surface area contributed by atoms with Gasteiger partial charge in [-0.3, -0.25) is 5.32 Å². The van der Waals surface area contributed by atoms with Crippen molar-refractivity contribution in [1.82, 2.24) is 10.3 Å². The van der Waals surface area contributed by atoms with Gasteiger partial charge in [0.15, 0.2) is 0 Å². The maximum Gasteiger partial charge on any atom is 0.320 e. The largest absolute Gasteiger partial charge is 0.393 e. The zero-order valence-electron chi connectivity index (χ0n) is 12.0. The van der Waals surface area contributed by atoms with Crippen LogP contribution in [0.25, 0.3) is 0 Å². The van der Waals surface area contributed by atoms with Gasteiger partial charge in [0, 0.05) is 12.2 Å². The number of aryl methyl sites for hydroxylation is 2. The van der Waals surface area contributed by atoms with Crippen molar-refractivity contribution < 1.29 is 9.90 Å². The van der Waals surface area contributed by atoms with Crippen LogP contribution in [-0.4, -0.2) is 28.8 Å². The molecule has 2 atom stereocenters. The Morgan fingerprint density at radius 1 is 1.37 bits per heavy atom. The predicted octanol–water partition coefficient (Wildman–Crippen LogP) is 2.23. The van der Waals surface area contributed by atoms with Crippen LogP contribution < -0.4 is 10.6 Å². The molecular formula is C14H23N3O2. The zero-order valence-corrected chi connectivity index (χ0v) is 12.0. The highest BCUT2D eigenvalue weighted by atomic mass is 16.3. The van der Waals surface area contributed by atoms with E-state index in [9.17, 15) is 9.90 Å². The molecule has 1 aromatic heterocycles. The number of hydrogen-bond acceptors (Lipinski definition) is 3. The van der Waals surface area contributed by atoms with Crippen LogP contribution in [0.1, 0.15) is 31.5 Å². The third-order valence-corrected chi connectivity index (χ3v) is 2.69. The Kier molecular flexibility index (Phi) is 5.76. The van der Waals surface area contributed by atoms with Crippen molar-refractivity contribution in [3.05, 3.63) is 23.4 Å². The summed E-state index contributed by atoms with van der Waals surface area (Å²) < 4.78 is 0. The topological polar surface area (TPSA) is 74.2 Å². The fraction of sp³-hybridized carbons (Fsp3) is 0.571. The number of aliphatic hydroxyl groups is 1. The number of aromatic nitrogens is 1. The molecule has 0 spiro atoms. The summed E-state index contributed by atoms with van der Waals surface area (Å²) in [5, 5.41) is 14.7. The lowest BCUT2D eigenvalue weighted by Gasteiger charge is -2.14. The van der Waals surface area contributed by atoms with Gasteiger partial charge in [-0.1, -0.05) is 6.92 Å². The lowest BCUT2D eigenvalue weighted by Crippen LogP contribution is -2.33. The Morgan fingerprint density at radius 2 is 2.05 bits per heavy atom. The highest BCUT2D eigenvalue weighted by Gasteiger charge is 2.09. The van der Waals surface area contributed by atoms with Crippen LogP contribution in [0.5, 0.6) is 0 Å². The number of amides is 2. The fourth-order valence-corrected chi connectivity index (χ4v) is 2.00. The van der Waals surface area contributed by atoms with Crippen LogP contribution in [0.15, 0.2) is 12.1 Å². The van der Waals surface area contributed by atoms with E-state index in [1.54, 1.807) is 6.92 Å². The maximum absolute atomic E-state index is 11.7. The first-order chi connectivity index (χ1) is 8.86. The molecule has 0 saturated carbocycles. The van der Waals surface area contributed by atoms with Gasteiger partial charge < -0.3 is 10.4 Å². The molecule has 0 unspecified atom stereocenters. The van der Waals surface area contributed by atoms with Crippen LogP contribution in [0.4, 0.5) is 10.6 Å². The van der Waals surface area contributed by atoms with Crippen LogP contribution >= 0.6 is 0 Å². The molecule has 5 heteroatoms. The number of anilines is 1. The predicted molar refractivity (Wildman–Crippen MR) is 76.2 cm³/mol. The highest BCUT2D eigenvalue weighted by molar-refractivity contribution is 5.88. The fourth-order valence-electron chi connectivity index (χ4n) is 2.00. The first kappa shape index (κ1) is 15.4. The van der Waals surface area contributed by atoms with Crippen LogP contribution in [-0.2, 0) is 0 Å². The van der Waals surface area contributed by atoms with Gasteiger partial charge in [-0.05, 0) is 50.8 Å². The number of carbonyl (C=O) groups is 1. The smallest absolute Gasteiger partial charge is 0.320 e. The molecule has 5 nitrogen and oxygen atoms in total. The molecule has 1 rings (SSSR count). The van der Waals surface area contributed by atoms with Crippen molar-refractivity contribution in [1.29, 1.82) is 0 Å². The average Bonchev–Trinajstić information content (AvgIpc) is 2.23. The number of rotatable bonds is 5. The van der Waals surface area contributed by atoms with E-state index in [-0.39, 0.29) is 18.1 Å². The zero-order chi connectivity index (χ0) is 14.4. The molecule has 0 aromatic carbocycles. The van der Waals surface area contributed by atoms with Gasteiger partial charge in [-0.25, -0.2) is 9.78 Å². The molecule has 106 valence electrons. The summed E-state index contributed by atoms with van der Waals surface area (Å²) in [5.74, 6) is 0.788. The van der Waals surface area contributed by atoms with Crippen molar-refractivity contribution in [2.75, 3.05) is 11.9 Å². The Bertz CT molecular complexity index is 412. The van der Waals surface area contributed by atoms with E-state index in [0.29, 0.717) is 18.8 Å². The quantitative estimate of drug-likeness (QED) is 0.764. The summed E-state index contributed by atoms with van der Waals surface area (Å²) in [6, 6.07) is 3.51. The van der Waals surface area contributed by atoms with Gasteiger partial charge in [0.2, 0.25) is 0 Å². The van der Waals surface area contributed by atoms with Crippen LogP contribution in [0, 0.1) is 19.8 Å². The molecule has 0 radical (unpaired) electrons. The Hall–Kier alpha value is -1.62. The van der Waals surface area contributed by atoms with Gasteiger partial charge in [-0.15, -0.1) is 0 Å². The van der Waals surface area contributed by atoms with Gasteiger partial charge in [0.05, 0.1) is 6.10 Å². The summed E-state index contributed by atoms with van der Waals surface area (Å²) in [5.41, 5.74) is 1.93. The van der Waals surface area contributed by atoms with Gasteiger partial charge >= 0.3 is 6.03 Å². The van der Waals surface area contributed by atoms with Crippen molar-refractivity contribution in [2.45, 2.75) is 40.2 Å². The molecule has 0 saturated heterocycles. The minimum absolute atomic E-state index is 0.234. The van der Waals surface area contributed by atoms with Crippen LogP contribution in [0.2, 0.25) is 0 Å². The molecule has 1 aromatic rings. The first-order valence-corrected chi connectivity index (χ1v) is 6.55. The van der Waals surface area contributed by atoms with E-state index in [4.69, 9.17) is 0 Å². The number of hydrogen-bond donors (Lipinski definition) is 3. The number of nitrogens with zero attached hydrogens (tertiary/aromatic N) is 1. The Labute approximate surface area is 114 Å². The monoisotopic (exact) mass is 265 g/mol. The van der Waals surface area contributed by atoms with Gasteiger partial charge in [0.25, 0.3) is 0 Å². The molecule has 1 heterocycles. The summed E-state index contributed by atoms with van der Waals surface area (Å²) >= 11 is 0. The Morgan fingerprint density at radius 3 is 2.63 bits per heavy atom. The summed E-state index contributed by atoms with van der Waals surface area (Å²) in [6.07, 6.45) is 0.322. The van der Waals surface area contributed by atoms with Crippen molar-refractivity contribution in [2.24, 2.45) is 5.92 Å². The van der Waals surface area contributed by atoms with E-state index < -0.39 is 0 Å². The van der Waals surface area contributed by atoms with E-state index >= 15 is 0 Å². The minimum atomic E-state index is -0.346. The van der Waals surface area contributed by atoms with Crippen LogP contribution in [0.3, 0.4) is 0 Å². The van der Waals surface area contributed by atoms with Crippen molar-refractivity contribution in [3.8, 4) is 0 Å². The van der Waals surface area contributed by atoms with E-state index in [2.05, 4.69) is 15.6 Å². The third-order valence-electron chi connectivity index (χ3n) is 2.69. The maximum atomic E-state index is 11.7. The van der Waals surface area contributed by atoms with E-state index in [0.717, 1.165) is 11.3 Å². The van der Waals surface area contributed by atoms with E-state index in [1.165, 1.54) is 0 Å². The molecule has 0 aliphatic rings. The Balaban J connectivity index is 2.42. The molecule has 19 heavy (non-hydrogen) atoms. The second kappa shape index (κ2) is 7.09.